The number of esters is 2. The Morgan fingerprint density at radius 2 is 1.96 bits per heavy atom. The molecule has 0 saturated carbocycles. The SMILES string of the molecule is COC(=O)CNC(=O)C(C)OC(=O)c1sc2cc(C(F)(F)F)ccc2c1Cl. The maximum absolute atomic E-state index is 12.8. The number of fused-ring (bicyclic) bond motifs is 1. The van der Waals surface area contributed by atoms with E-state index in [0.29, 0.717) is 0 Å². The molecule has 146 valence electrons. The van der Waals surface area contributed by atoms with Crippen molar-refractivity contribution in [2.45, 2.75) is 19.2 Å². The van der Waals surface area contributed by atoms with Gasteiger partial charge in [0.25, 0.3) is 5.91 Å². The van der Waals surface area contributed by atoms with Gasteiger partial charge in [0.05, 0.1) is 17.7 Å². The summed E-state index contributed by atoms with van der Waals surface area (Å²) < 4.78 is 47.9. The zero-order valence-electron chi connectivity index (χ0n) is 14.0. The molecule has 6 nitrogen and oxygen atoms in total. The van der Waals surface area contributed by atoms with Gasteiger partial charge in [-0.3, -0.25) is 9.59 Å². The number of nitrogens with one attached hydrogen (secondary N) is 1. The Bertz CT molecular complexity index is 896. The smallest absolute Gasteiger partial charge is 0.416 e. The number of halogens is 4. The molecule has 0 spiro atoms. The summed E-state index contributed by atoms with van der Waals surface area (Å²) in [7, 11) is 1.14. The lowest BCUT2D eigenvalue weighted by molar-refractivity contribution is -0.142. The Labute approximate surface area is 160 Å². The van der Waals surface area contributed by atoms with E-state index in [1.165, 1.54) is 13.0 Å². The molecule has 11 heteroatoms. The van der Waals surface area contributed by atoms with Gasteiger partial charge in [-0.25, -0.2) is 4.79 Å². The van der Waals surface area contributed by atoms with Crippen molar-refractivity contribution in [1.29, 1.82) is 0 Å². The van der Waals surface area contributed by atoms with Crippen molar-refractivity contribution in [2.75, 3.05) is 13.7 Å². The highest BCUT2D eigenvalue weighted by atomic mass is 35.5. The summed E-state index contributed by atoms with van der Waals surface area (Å²) in [5.74, 6) is -2.39. The quantitative estimate of drug-likeness (QED) is 0.745. The molecule has 0 bridgehead atoms. The van der Waals surface area contributed by atoms with E-state index in [9.17, 15) is 27.6 Å². The van der Waals surface area contributed by atoms with Gasteiger partial charge in [0.1, 0.15) is 11.4 Å². The van der Waals surface area contributed by atoms with E-state index in [1.54, 1.807) is 0 Å². The zero-order valence-corrected chi connectivity index (χ0v) is 15.6. The fourth-order valence-corrected chi connectivity index (χ4v) is 3.45. The van der Waals surface area contributed by atoms with Crippen molar-refractivity contribution in [1.82, 2.24) is 5.32 Å². The lowest BCUT2D eigenvalue weighted by Gasteiger charge is -2.12. The Hall–Kier alpha value is -2.33. The molecule has 0 radical (unpaired) electrons. The highest BCUT2D eigenvalue weighted by Gasteiger charge is 2.31. The first-order chi connectivity index (χ1) is 12.5. The monoisotopic (exact) mass is 423 g/mol. The van der Waals surface area contributed by atoms with E-state index < -0.39 is 42.2 Å². The van der Waals surface area contributed by atoms with Gasteiger partial charge >= 0.3 is 18.1 Å². The van der Waals surface area contributed by atoms with Gasteiger partial charge in [0, 0.05) is 10.1 Å². The number of methoxy groups -OCH3 is 1. The molecule has 1 heterocycles. The standard InChI is InChI=1S/C16H13ClF3NO5S/c1-7(14(23)21-6-11(22)25-2)26-15(24)13-12(17)9-4-3-8(16(18,19)20)5-10(9)27-13/h3-5,7H,6H2,1-2H3,(H,21,23). The number of ether oxygens (including phenoxy) is 2. The number of hydrogen-bond donors (Lipinski definition) is 1. The normalized spacial score (nSPS) is 12.5. The van der Waals surface area contributed by atoms with Crippen molar-refractivity contribution in [3.8, 4) is 0 Å². The Morgan fingerprint density at radius 1 is 1.30 bits per heavy atom. The minimum Gasteiger partial charge on any atom is -0.468 e. The number of hydrogen-bond acceptors (Lipinski definition) is 6. The molecule has 1 atom stereocenters. The number of thiophene rings is 1. The number of rotatable bonds is 5. The van der Waals surface area contributed by atoms with Crippen LogP contribution in [0.1, 0.15) is 22.2 Å². The van der Waals surface area contributed by atoms with E-state index in [4.69, 9.17) is 16.3 Å². The molecule has 0 aliphatic heterocycles. The molecular formula is C16H13ClF3NO5S. The van der Waals surface area contributed by atoms with Gasteiger partial charge in [-0.05, 0) is 19.1 Å². The molecule has 0 fully saturated rings. The van der Waals surface area contributed by atoms with E-state index in [-0.39, 0.29) is 20.0 Å². The number of carbonyl (C=O) groups excluding carboxylic acids is 3. The van der Waals surface area contributed by atoms with Crippen molar-refractivity contribution in [3.05, 3.63) is 33.7 Å². The molecule has 2 rings (SSSR count). The fourth-order valence-electron chi connectivity index (χ4n) is 2.02. The van der Waals surface area contributed by atoms with Crippen LogP contribution in [0.3, 0.4) is 0 Å². The molecule has 1 amide bonds. The third-order valence-corrected chi connectivity index (χ3v) is 5.07. The highest BCUT2D eigenvalue weighted by molar-refractivity contribution is 7.21. The molecule has 1 unspecified atom stereocenters. The Kier molecular flexibility index (Phi) is 6.32. The number of alkyl halides is 3. The molecule has 0 aliphatic rings. The van der Waals surface area contributed by atoms with Crippen LogP contribution in [-0.4, -0.2) is 37.6 Å². The average Bonchev–Trinajstić information content (AvgIpc) is 2.94. The zero-order chi connectivity index (χ0) is 20.4. The first-order valence-electron chi connectivity index (χ1n) is 7.39. The van der Waals surface area contributed by atoms with Crippen LogP contribution in [0.4, 0.5) is 13.2 Å². The summed E-state index contributed by atoms with van der Waals surface area (Å²) in [6.07, 6.45) is -5.79. The van der Waals surface area contributed by atoms with Crippen LogP contribution in [0, 0.1) is 0 Å². The van der Waals surface area contributed by atoms with Crippen LogP contribution < -0.4 is 5.32 Å². The van der Waals surface area contributed by atoms with Gasteiger partial charge in [-0.1, -0.05) is 17.7 Å². The van der Waals surface area contributed by atoms with Crippen molar-refractivity contribution in [2.24, 2.45) is 0 Å². The molecule has 1 aromatic carbocycles. The lowest BCUT2D eigenvalue weighted by Crippen LogP contribution is -2.38. The van der Waals surface area contributed by atoms with Crippen LogP contribution in [0.15, 0.2) is 18.2 Å². The van der Waals surface area contributed by atoms with Gasteiger partial charge in [0.15, 0.2) is 6.10 Å². The van der Waals surface area contributed by atoms with E-state index in [0.717, 1.165) is 30.6 Å². The predicted molar refractivity (Wildman–Crippen MR) is 91.7 cm³/mol. The molecule has 0 saturated heterocycles. The largest absolute Gasteiger partial charge is 0.468 e. The van der Waals surface area contributed by atoms with Crippen LogP contribution in [0.25, 0.3) is 10.1 Å². The molecule has 1 N–H and O–H groups in total. The maximum Gasteiger partial charge on any atom is 0.416 e. The van der Waals surface area contributed by atoms with E-state index in [2.05, 4.69) is 10.1 Å². The minimum absolute atomic E-state index is 0.0594. The fraction of sp³-hybridized carbons (Fsp3) is 0.312. The molecule has 2 aromatic rings. The summed E-state index contributed by atoms with van der Waals surface area (Å²) in [6, 6.07) is 2.91. The van der Waals surface area contributed by atoms with Gasteiger partial charge in [-0.15, -0.1) is 11.3 Å². The van der Waals surface area contributed by atoms with Crippen molar-refractivity contribution < 1.29 is 37.0 Å². The number of amides is 1. The number of benzene rings is 1. The third-order valence-electron chi connectivity index (χ3n) is 3.43. The van der Waals surface area contributed by atoms with Crippen LogP contribution in [0.2, 0.25) is 5.02 Å². The Morgan fingerprint density at radius 3 is 2.56 bits per heavy atom. The lowest BCUT2D eigenvalue weighted by atomic mass is 10.1. The second kappa shape index (κ2) is 8.13. The molecule has 27 heavy (non-hydrogen) atoms. The predicted octanol–water partition coefficient (Wildman–Crippen LogP) is 3.41. The summed E-state index contributed by atoms with van der Waals surface area (Å²) >= 11 is 6.80. The summed E-state index contributed by atoms with van der Waals surface area (Å²) in [5, 5.41) is 2.42. The van der Waals surface area contributed by atoms with Crippen molar-refractivity contribution in [3.63, 3.8) is 0 Å². The third kappa shape index (κ3) is 4.89. The first-order valence-corrected chi connectivity index (χ1v) is 8.58. The van der Waals surface area contributed by atoms with E-state index >= 15 is 0 Å². The Balaban J connectivity index is 2.16. The van der Waals surface area contributed by atoms with Crippen LogP contribution >= 0.6 is 22.9 Å². The summed E-state index contributed by atoms with van der Waals surface area (Å²) in [4.78, 5) is 34.9. The molecular weight excluding hydrogens is 411 g/mol. The second-order valence-corrected chi connectivity index (χ2v) is 6.73. The molecule has 1 aromatic heterocycles. The summed E-state index contributed by atoms with van der Waals surface area (Å²) in [6.45, 7) is 0.870. The highest BCUT2D eigenvalue weighted by Crippen LogP contribution is 2.39. The second-order valence-electron chi connectivity index (χ2n) is 5.30. The van der Waals surface area contributed by atoms with Gasteiger partial charge in [0.2, 0.25) is 0 Å². The molecule has 0 aliphatic carbocycles. The van der Waals surface area contributed by atoms with Crippen LogP contribution in [-0.2, 0) is 25.2 Å². The minimum atomic E-state index is -4.53. The topological polar surface area (TPSA) is 81.7 Å². The van der Waals surface area contributed by atoms with Gasteiger partial charge in [-0.2, -0.15) is 13.2 Å². The first kappa shape index (κ1) is 21.0. The van der Waals surface area contributed by atoms with Crippen LogP contribution in [0.5, 0.6) is 0 Å². The van der Waals surface area contributed by atoms with Crippen molar-refractivity contribution >= 4 is 50.9 Å². The van der Waals surface area contributed by atoms with E-state index in [1.807, 2.05) is 0 Å². The maximum atomic E-state index is 12.8. The summed E-state index contributed by atoms with van der Waals surface area (Å²) in [5.41, 5.74) is -0.872. The average molecular weight is 424 g/mol. The number of carbonyl (C=O) groups is 3. The van der Waals surface area contributed by atoms with Gasteiger partial charge < -0.3 is 14.8 Å².